The molecule has 0 aliphatic carbocycles. The van der Waals surface area contributed by atoms with Gasteiger partial charge in [-0.2, -0.15) is 0 Å². The number of ether oxygens (including phenoxy) is 1. The fourth-order valence-electron chi connectivity index (χ4n) is 3.20. The van der Waals surface area contributed by atoms with Crippen molar-refractivity contribution in [3.63, 3.8) is 0 Å². The molecule has 0 radical (unpaired) electrons. The first kappa shape index (κ1) is 18.9. The molecule has 1 saturated heterocycles. The third-order valence-electron chi connectivity index (χ3n) is 4.70. The third-order valence-corrected chi connectivity index (χ3v) is 5.67. The minimum absolute atomic E-state index is 0.200. The number of benzene rings is 1. The van der Waals surface area contributed by atoms with Gasteiger partial charge in [-0.15, -0.1) is 11.3 Å². The fraction of sp³-hybridized carbons (Fsp3) is 0.450. The van der Waals surface area contributed by atoms with Crippen LogP contribution in [0.5, 0.6) is 0 Å². The van der Waals surface area contributed by atoms with Gasteiger partial charge in [0.25, 0.3) is 0 Å². The normalized spacial score (nSPS) is 18.3. The predicted octanol–water partition coefficient (Wildman–Crippen LogP) is 3.05. The number of morpholine rings is 1. The maximum absolute atomic E-state index is 5.52. The van der Waals surface area contributed by atoms with Crippen molar-refractivity contribution >= 4 is 17.3 Å². The lowest BCUT2D eigenvalue weighted by Crippen LogP contribution is -2.46. The first-order valence-corrected chi connectivity index (χ1v) is 10.0. The van der Waals surface area contributed by atoms with Crippen LogP contribution in [0.25, 0.3) is 0 Å². The van der Waals surface area contributed by atoms with Crippen LogP contribution in [0, 0.1) is 0 Å². The molecular formula is C20H28N4OS. The summed E-state index contributed by atoms with van der Waals surface area (Å²) in [5, 5.41) is 9.15. The standard InChI is InChI=1S/C20H28N4OS/c1-16(17-7-4-3-5-8-17)23-20(21-2)22-15-18(19-9-6-14-26-19)24-10-12-25-13-11-24/h3-9,14,16,18H,10-13,15H2,1-2H3,(H2,21,22,23). The molecule has 26 heavy (non-hydrogen) atoms. The fourth-order valence-corrected chi connectivity index (χ4v) is 4.06. The van der Waals surface area contributed by atoms with Gasteiger partial charge in [-0.1, -0.05) is 36.4 Å². The van der Waals surface area contributed by atoms with Crippen molar-refractivity contribution in [2.45, 2.75) is 19.0 Å². The zero-order chi connectivity index (χ0) is 18.2. The number of nitrogens with zero attached hydrogens (tertiary/aromatic N) is 2. The van der Waals surface area contributed by atoms with Crippen molar-refractivity contribution in [3.8, 4) is 0 Å². The predicted molar refractivity (Wildman–Crippen MR) is 109 cm³/mol. The number of hydrogen-bond acceptors (Lipinski definition) is 4. The highest BCUT2D eigenvalue weighted by molar-refractivity contribution is 7.10. The molecule has 2 unspecified atom stereocenters. The quantitative estimate of drug-likeness (QED) is 0.604. The van der Waals surface area contributed by atoms with Crippen LogP contribution >= 0.6 is 11.3 Å². The monoisotopic (exact) mass is 372 g/mol. The lowest BCUT2D eigenvalue weighted by molar-refractivity contribution is 0.0177. The molecule has 1 aliphatic rings. The second-order valence-corrected chi connectivity index (χ2v) is 7.39. The van der Waals surface area contributed by atoms with Crippen LogP contribution in [-0.2, 0) is 4.74 Å². The highest BCUT2D eigenvalue weighted by Crippen LogP contribution is 2.25. The van der Waals surface area contributed by atoms with E-state index >= 15 is 0 Å². The van der Waals surface area contributed by atoms with Crippen molar-refractivity contribution in [2.75, 3.05) is 39.9 Å². The third kappa shape index (κ3) is 5.06. The summed E-state index contributed by atoms with van der Waals surface area (Å²) in [5.41, 5.74) is 1.25. The van der Waals surface area contributed by atoms with Crippen LogP contribution < -0.4 is 10.6 Å². The zero-order valence-electron chi connectivity index (χ0n) is 15.5. The summed E-state index contributed by atoms with van der Waals surface area (Å²) in [4.78, 5) is 8.28. The van der Waals surface area contributed by atoms with E-state index in [1.165, 1.54) is 10.4 Å². The minimum Gasteiger partial charge on any atom is -0.379 e. The average molecular weight is 373 g/mol. The largest absolute Gasteiger partial charge is 0.379 e. The Morgan fingerprint density at radius 2 is 1.96 bits per heavy atom. The Kier molecular flexibility index (Phi) is 7.05. The number of thiophene rings is 1. The summed E-state index contributed by atoms with van der Waals surface area (Å²) in [6.07, 6.45) is 0. The molecular weight excluding hydrogens is 344 g/mol. The van der Waals surface area contributed by atoms with E-state index < -0.39 is 0 Å². The minimum atomic E-state index is 0.200. The molecule has 0 amide bonds. The molecule has 0 spiro atoms. The summed E-state index contributed by atoms with van der Waals surface area (Å²) in [6.45, 7) is 6.52. The van der Waals surface area contributed by atoms with Gasteiger partial charge in [-0.3, -0.25) is 9.89 Å². The molecule has 3 rings (SSSR count). The molecule has 6 heteroatoms. The number of aliphatic imine (C=N–C) groups is 1. The number of hydrogen-bond donors (Lipinski definition) is 2. The van der Waals surface area contributed by atoms with Crippen LogP contribution in [0.3, 0.4) is 0 Å². The van der Waals surface area contributed by atoms with Crippen molar-refractivity contribution < 1.29 is 4.74 Å². The van der Waals surface area contributed by atoms with E-state index in [0.29, 0.717) is 6.04 Å². The highest BCUT2D eigenvalue weighted by atomic mass is 32.1. The number of rotatable bonds is 6. The Balaban J connectivity index is 1.61. The molecule has 1 aliphatic heterocycles. The van der Waals surface area contributed by atoms with Gasteiger partial charge in [0.05, 0.1) is 25.3 Å². The Labute approximate surface area is 160 Å². The average Bonchev–Trinajstić information content (AvgIpc) is 3.23. The van der Waals surface area contributed by atoms with E-state index in [-0.39, 0.29) is 6.04 Å². The molecule has 0 bridgehead atoms. The molecule has 140 valence electrons. The zero-order valence-corrected chi connectivity index (χ0v) is 16.3. The molecule has 5 nitrogen and oxygen atoms in total. The summed E-state index contributed by atoms with van der Waals surface area (Å²) in [5.74, 6) is 0.830. The topological polar surface area (TPSA) is 48.9 Å². The Morgan fingerprint density at radius 3 is 2.62 bits per heavy atom. The molecule has 2 aromatic rings. The van der Waals surface area contributed by atoms with Crippen LogP contribution in [0.1, 0.15) is 29.4 Å². The summed E-state index contributed by atoms with van der Waals surface area (Å²) >= 11 is 1.81. The van der Waals surface area contributed by atoms with Gasteiger partial charge in [0.1, 0.15) is 0 Å². The maximum Gasteiger partial charge on any atom is 0.191 e. The molecule has 1 fully saturated rings. The van der Waals surface area contributed by atoms with Gasteiger partial charge in [0.2, 0.25) is 0 Å². The Morgan fingerprint density at radius 1 is 1.19 bits per heavy atom. The molecule has 1 aromatic carbocycles. The first-order chi connectivity index (χ1) is 12.8. The molecule has 2 heterocycles. The van der Waals surface area contributed by atoms with Gasteiger partial charge in [0, 0.05) is 31.6 Å². The SMILES string of the molecule is CN=C(NCC(c1cccs1)N1CCOCC1)NC(C)c1ccccc1. The molecule has 2 atom stereocenters. The highest BCUT2D eigenvalue weighted by Gasteiger charge is 2.23. The smallest absolute Gasteiger partial charge is 0.191 e. The number of nitrogens with one attached hydrogen (secondary N) is 2. The summed E-state index contributed by atoms with van der Waals surface area (Å²) < 4.78 is 5.52. The van der Waals surface area contributed by atoms with Crippen LogP contribution in [0.2, 0.25) is 0 Å². The Bertz CT molecular complexity index is 668. The van der Waals surface area contributed by atoms with Gasteiger partial charge >= 0.3 is 0 Å². The van der Waals surface area contributed by atoms with E-state index in [9.17, 15) is 0 Å². The van der Waals surface area contributed by atoms with E-state index in [0.717, 1.165) is 38.8 Å². The van der Waals surface area contributed by atoms with Crippen molar-refractivity contribution in [2.24, 2.45) is 4.99 Å². The summed E-state index contributed by atoms with van der Waals surface area (Å²) in [6, 6.07) is 15.3. The lowest BCUT2D eigenvalue weighted by Gasteiger charge is -2.34. The van der Waals surface area contributed by atoms with Crippen molar-refractivity contribution in [1.82, 2.24) is 15.5 Å². The van der Waals surface area contributed by atoms with Gasteiger partial charge < -0.3 is 15.4 Å². The van der Waals surface area contributed by atoms with Gasteiger partial charge in [0.15, 0.2) is 5.96 Å². The van der Waals surface area contributed by atoms with Crippen molar-refractivity contribution in [1.29, 1.82) is 0 Å². The lowest BCUT2D eigenvalue weighted by atomic mass is 10.1. The van der Waals surface area contributed by atoms with Gasteiger partial charge in [-0.05, 0) is 23.9 Å². The molecule has 2 N–H and O–H groups in total. The van der Waals surface area contributed by atoms with E-state index in [1.807, 2.05) is 24.5 Å². The maximum atomic E-state index is 5.52. The summed E-state index contributed by atoms with van der Waals surface area (Å²) in [7, 11) is 1.82. The number of guanidine groups is 1. The van der Waals surface area contributed by atoms with E-state index in [2.05, 4.69) is 69.2 Å². The van der Waals surface area contributed by atoms with Crippen LogP contribution in [0.4, 0.5) is 0 Å². The second-order valence-electron chi connectivity index (χ2n) is 6.41. The van der Waals surface area contributed by atoms with E-state index in [1.54, 1.807) is 0 Å². The first-order valence-electron chi connectivity index (χ1n) is 9.15. The van der Waals surface area contributed by atoms with Crippen molar-refractivity contribution in [3.05, 3.63) is 58.3 Å². The molecule has 1 aromatic heterocycles. The van der Waals surface area contributed by atoms with Crippen LogP contribution in [0.15, 0.2) is 52.8 Å². The Hall–Kier alpha value is -1.89. The van der Waals surface area contributed by atoms with Gasteiger partial charge in [-0.25, -0.2) is 0 Å². The second kappa shape index (κ2) is 9.71. The molecule has 0 saturated carbocycles. The van der Waals surface area contributed by atoms with Crippen LogP contribution in [-0.4, -0.2) is 50.8 Å². The van der Waals surface area contributed by atoms with E-state index in [4.69, 9.17) is 4.74 Å².